The van der Waals surface area contributed by atoms with Crippen LogP contribution in [0.15, 0.2) is 24.3 Å². The molecule has 0 amide bonds. The van der Waals surface area contributed by atoms with Crippen molar-refractivity contribution in [2.75, 3.05) is 32.8 Å². The Morgan fingerprint density at radius 1 is 1.30 bits per heavy atom. The summed E-state index contributed by atoms with van der Waals surface area (Å²) in [5.41, 5.74) is 2.83. The summed E-state index contributed by atoms with van der Waals surface area (Å²) in [6, 6.07) is 8.69. The van der Waals surface area contributed by atoms with Crippen molar-refractivity contribution in [1.29, 1.82) is 0 Å². The number of nitrogens with zero attached hydrogens (tertiary/aromatic N) is 1. The van der Waals surface area contributed by atoms with Crippen LogP contribution in [0.5, 0.6) is 0 Å². The van der Waals surface area contributed by atoms with Crippen LogP contribution < -0.4 is 0 Å². The Kier molecular flexibility index (Phi) is 4.71. The van der Waals surface area contributed by atoms with E-state index in [0.29, 0.717) is 12.5 Å². The van der Waals surface area contributed by atoms with Crippen LogP contribution in [0.2, 0.25) is 0 Å². The van der Waals surface area contributed by atoms with Gasteiger partial charge in [-0.1, -0.05) is 24.3 Å². The van der Waals surface area contributed by atoms with Crippen LogP contribution in [0, 0.1) is 5.92 Å². The van der Waals surface area contributed by atoms with E-state index < -0.39 is 0 Å². The summed E-state index contributed by atoms with van der Waals surface area (Å²) >= 11 is 0. The SMILES string of the molecule is OCCC1CCCN(CC2OCCc3ccccc32)C1. The highest BCUT2D eigenvalue weighted by atomic mass is 16.5. The molecule has 3 rings (SSSR count). The fourth-order valence-corrected chi connectivity index (χ4v) is 3.60. The van der Waals surface area contributed by atoms with Crippen molar-refractivity contribution in [3.05, 3.63) is 35.4 Å². The van der Waals surface area contributed by atoms with Gasteiger partial charge in [-0.05, 0) is 49.3 Å². The number of rotatable bonds is 4. The van der Waals surface area contributed by atoms with Crippen LogP contribution in [0.1, 0.15) is 36.5 Å². The Morgan fingerprint density at radius 2 is 2.20 bits per heavy atom. The van der Waals surface area contributed by atoms with E-state index >= 15 is 0 Å². The number of piperidine rings is 1. The maximum Gasteiger partial charge on any atom is 0.0954 e. The number of fused-ring (bicyclic) bond motifs is 1. The Balaban J connectivity index is 1.63. The van der Waals surface area contributed by atoms with Gasteiger partial charge in [0.25, 0.3) is 0 Å². The van der Waals surface area contributed by atoms with Crippen molar-refractivity contribution >= 4 is 0 Å². The lowest BCUT2D eigenvalue weighted by atomic mass is 9.93. The van der Waals surface area contributed by atoms with Crippen LogP contribution in [0.4, 0.5) is 0 Å². The van der Waals surface area contributed by atoms with Crippen LogP contribution in [0.3, 0.4) is 0 Å². The number of aliphatic hydroxyl groups excluding tert-OH is 1. The van der Waals surface area contributed by atoms with Gasteiger partial charge in [-0.15, -0.1) is 0 Å². The van der Waals surface area contributed by atoms with E-state index in [1.165, 1.54) is 30.5 Å². The van der Waals surface area contributed by atoms with E-state index in [1.807, 2.05) is 0 Å². The topological polar surface area (TPSA) is 32.7 Å². The Morgan fingerprint density at radius 3 is 3.10 bits per heavy atom. The van der Waals surface area contributed by atoms with Crippen molar-refractivity contribution < 1.29 is 9.84 Å². The highest BCUT2D eigenvalue weighted by molar-refractivity contribution is 5.31. The summed E-state index contributed by atoms with van der Waals surface area (Å²) in [5, 5.41) is 9.11. The lowest BCUT2D eigenvalue weighted by Crippen LogP contribution is -2.39. The van der Waals surface area contributed by atoms with Crippen molar-refractivity contribution in [3.8, 4) is 0 Å². The predicted octanol–water partition coefficient (Wildman–Crippen LogP) is 2.39. The smallest absolute Gasteiger partial charge is 0.0954 e. The Labute approximate surface area is 121 Å². The van der Waals surface area contributed by atoms with Crippen molar-refractivity contribution in [1.82, 2.24) is 4.90 Å². The maximum absolute atomic E-state index is 9.11. The normalized spacial score (nSPS) is 27.2. The monoisotopic (exact) mass is 275 g/mol. The van der Waals surface area contributed by atoms with Gasteiger partial charge in [-0.3, -0.25) is 0 Å². The lowest BCUT2D eigenvalue weighted by molar-refractivity contribution is 0.00539. The van der Waals surface area contributed by atoms with E-state index in [9.17, 15) is 0 Å². The van der Waals surface area contributed by atoms with E-state index in [4.69, 9.17) is 9.84 Å². The molecule has 2 atom stereocenters. The third-order valence-electron chi connectivity index (χ3n) is 4.66. The summed E-state index contributed by atoms with van der Waals surface area (Å²) in [7, 11) is 0. The number of hydrogen-bond donors (Lipinski definition) is 1. The molecule has 110 valence electrons. The first-order chi connectivity index (χ1) is 9.86. The first-order valence-electron chi connectivity index (χ1n) is 7.89. The minimum Gasteiger partial charge on any atom is -0.396 e. The molecule has 3 heteroatoms. The highest BCUT2D eigenvalue weighted by Crippen LogP contribution is 2.29. The van der Waals surface area contributed by atoms with E-state index in [2.05, 4.69) is 29.2 Å². The number of benzene rings is 1. The van der Waals surface area contributed by atoms with Crippen molar-refractivity contribution in [3.63, 3.8) is 0 Å². The molecule has 0 bridgehead atoms. The highest BCUT2D eigenvalue weighted by Gasteiger charge is 2.26. The average molecular weight is 275 g/mol. The molecular weight excluding hydrogens is 250 g/mol. The molecule has 2 aliphatic heterocycles. The first kappa shape index (κ1) is 14.1. The second-order valence-electron chi connectivity index (χ2n) is 6.09. The number of likely N-dealkylation sites (tertiary alicyclic amines) is 1. The quantitative estimate of drug-likeness (QED) is 0.916. The third-order valence-corrected chi connectivity index (χ3v) is 4.66. The molecule has 1 fully saturated rings. The second kappa shape index (κ2) is 6.70. The summed E-state index contributed by atoms with van der Waals surface area (Å²) in [6.07, 6.45) is 4.73. The second-order valence-corrected chi connectivity index (χ2v) is 6.09. The molecule has 0 aliphatic carbocycles. The first-order valence-corrected chi connectivity index (χ1v) is 7.89. The van der Waals surface area contributed by atoms with Gasteiger partial charge in [0.05, 0.1) is 12.7 Å². The molecular formula is C17H25NO2. The van der Waals surface area contributed by atoms with Crippen LogP contribution in [-0.4, -0.2) is 42.9 Å². The maximum atomic E-state index is 9.11. The molecule has 1 N–H and O–H groups in total. The molecule has 3 nitrogen and oxygen atoms in total. The molecule has 0 radical (unpaired) electrons. The van der Waals surface area contributed by atoms with Gasteiger partial charge in [-0.2, -0.15) is 0 Å². The largest absolute Gasteiger partial charge is 0.396 e. The predicted molar refractivity (Wildman–Crippen MR) is 79.7 cm³/mol. The van der Waals surface area contributed by atoms with Crippen molar-refractivity contribution in [2.24, 2.45) is 5.92 Å². The fourth-order valence-electron chi connectivity index (χ4n) is 3.60. The molecule has 0 aromatic heterocycles. The zero-order valence-corrected chi connectivity index (χ0v) is 12.1. The van der Waals surface area contributed by atoms with Gasteiger partial charge in [0.2, 0.25) is 0 Å². The Bertz CT molecular complexity index is 433. The fraction of sp³-hybridized carbons (Fsp3) is 0.647. The zero-order valence-electron chi connectivity index (χ0n) is 12.1. The lowest BCUT2D eigenvalue weighted by Gasteiger charge is -2.36. The van der Waals surface area contributed by atoms with Crippen LogP contribution >= 0.6 is 0 Å². The standard InChI is InChI=1S/C17H25NO2/c19-10-7-14-4-3-9-18(12-14)13-17-16-6-2-1-5-15(16)8-11-20-17/h1-2,5-6,14,17,19H,3-4,7-13H2. The molecule has 1 aromatic rings. The molecule has 0 saturated carbocycles. The zero-order chi connectivity index (χ0) is 13.8. The minimum atomic E-state index is 0.229. The van der Waals surface area contributed by atoms with Crippen LogP contribution in [0.25, 0.3) is 0 Å². The molecule has 20 heavy (non-hydrogen) atoms. The van der Waals surface area contributed by atoms with Gasteiger partial charge < -0.3 is 14.7 Å². The van der Waals surface area contributed by atoms with Gasteiger partial charge >= 0.3 is 0 Å². The van der Waals surface area contributed by atoms with Crippen molar-refractivity contribution in [2.45, 2.75) is 31.8 Å². The molecule has 0 spiro atoms. The number of hydrogen-bond acceptors (Lipinski definition) is 3. The molecule has 2 unspecified atom stereocenters. The summed E-state index contributed by atoms with van der Waals surface area (Å²) in [6.45, 7) is 4.45. The van der Waals surface area contributed by atoms with Gasteiger partial charge in [0, 0.05) is 19.7 Å². The number of ether oxygens (including phenoxy) is 1. The molecule has 1 aromatic carbocycles. The summed E-state index contributed by atoms with van der Waals surface area (Å²) < 4.78 is 6.01. The van der Waals surface area contributed by atoms with E-state index in [0.717, 1.165) is 32.5 Å². The molecule has 1 saturated heterocycles. The average Bonchev–Trinajstić information content (AvgIpc) is 2.48. The minimum absolute atomic E-state index is 0.229. The number of aliphatic hydroxyl groups is 1. The van der Waals surface area contributed by atoms with Gasteiger partial charge in [-0.25, -0.2) is 0 Å². The van der Waals surface area contributed by atoms with E-state index in [1.54, 1.807) is 0 Å². The van der Waals surface area contributed by atoms with Gasteiger partial charge in [0.1, 0.15) is 0 Å². The third kappa shape index (κ3) is 3.22. The van der Waals surface area contributed by atoms with Crippen LogP contribution in [-0.2, 0) is 11.2 Å². The molecule has 2 heterocycles. The van der Waals surface area contributed by atoms with Gasteiger partial charge in [0.15, 0.2) is 0 Å². The molecule has 2 aliphatic rings. The summed E-state index contributed by atoms with van der Waals surface area (Å²) in [5.74, 6) is 0.660. The van der Waals surface area contributed by atoms with E-state index in [-0.39, 0.29) is 6.10 Å². The Hall–Kier alpha value is -0.900. The summed E-state index contributed by atoms with van der Waals surface area (Å²) in [4.78, 5) is 2.52.